The predicted molar refractivity (Wildman–Crippen MR) is 36.8 cm³/mol. The molecule has 0 unspecified atom stereocenters. The molecule has 10 heavy (non-hydrogen) atoms. The number of amides is 2. The van der Waals surface area contributed by atoms with Gasteiger partial charge in [0.25, 0.3) is 5.91 Å². The number of nitrogens with two attached hydrogens (primary N) is 1. The molecule has 0 fully saturated rings. The number of carbonyl (C=O) groups excluding carboxylic acids is 2. The van der Waals surface area contributed by atoms with Crippen molar-refractivity contribution in [1.29, 1.82) is 0 Å². The molecule has 4 nitrogen and oxygen atoms in total. The van der Waals surface area contributed by atoms with Gasteiger partial charge in [-0.25, -0.2) is 0 Å². The van der Waals surface area contributed by atoms with Crippen LogP contribution >= 0.6 is 0 Å². The van der Waals surface area contributed by atoms with E-state index in [0.717, 1.165) is 0 Å². The minimum absolute atomic E-state index is 0.132. The van der Waals surface area contributed by atoms with Crippen molar-refractivity contribution in [3.05, 3.63) is 11.8 Å². The summed E-state index contributed by atoms with van der Waals surface area (Å²) in [6, 6.07) is 0. The van der Waals surface area contributed by atoms with E-state index in [1.165, 1.54) is 13.0 Å². The van der Waals surface area contributed by atoms with Gasteiger partial charge in [-0.1, -0.05) is 6.08 Å². The highest BCUT2D eigenvalue weighted by Crippen LogP contribution is 1.84. The van der Waals surface area contributed by atoms with Gasteiger partial charge in [-0.3, -0.25) is 9.59 Å². The number of rotatable bonds is 2. The summed E-state index contributed by atoms with van der Waals surface area (Å²) < 4.78 is 0. The van der Waals surface area contributed by atoms with E-state index in [1.54, 1.807) is 6.92 Å². The molecule has 0 heterocycles. The SMILES string of the molecule is CC=C(NC(C)=O)C(N)=O. The smallest absolute Gasteiger partial charge is 0.264 e. The lowest BCUT2D eigenvalue weighted by Crippen LogP contribution is -2.29. The van der Waals surface area contributed by atoms with Crippen LogP contribution in [0, 0.1) is 0 Å². The van der Waals surface area contributed by atoms with Crippen molar-refractivity contribution in [2.24, 2.45) is 5.73 Å². The van der Waals surface area contributed by atoms with Crippen molar-refractivity contribution in [2.75, 3.05) is 0 Å². The van der Waals surface area contributed by atoms with Crippen LogP contribution in [0.25, 0.3) is 0 Å². The largest absolute Gasteiger partial charge is 0.364 e. The van der Waals surface area contributed by atoms with E-state index < -0.39 is 5.91 Å². The molecule has 0 aliphatic carbocycles. The third-order valence-electron chi connectivity index (χ3n) is 0.865. The molecule has 56 valence electrons. The Morgan fingerprint density at radius 1 is 1.50 bits per heavy atom. The van der Waals surface area contributed by atoms with E-state index in [-0.39, 0.29) is 11.6 Å². The molecule has 0 bridgehead atoms. The lowest BCUT2D eigenvalue weighted by atomic mass is 10.4. The van der Waals surface area contributed by atoms with E-state index in [1.807, 2.05) is 0 Å². The summed E-state index contributed by atoms with van der Waals surface area (Å²) in [4.78, 5) is 20.8. The minimum atomic E-state index is -0.627. The number of hydrogen-bond acceptors (Lipinski definition) is 2. The summed E-state index contributed by atoms with van der Waals surface area (Å²) in [6.07, 6.45) is 1.45. The Labute approximate surface area is 59.1 Å². The van der Waals surface area contributed by atoms with Crippen LogP contribution in [-0.2, 0) is 9.59 Å². The molecular formula is C6H10N2O2. The van der Waals surface area contributed by atoms with Crippen LogP contribution < -0.4 is 11.1 Å². The van der Waals surface area contributed by atoms with Crippen LogP contribution in [-0.4, -0.2) is 11.8 Å². The van der Waals surface area contributed by atoms with Gasteiger partial charge in [0, 0.05) is 6.92 Å². The lowest BCUT2D eigenvalue weighted by molar-refractivity contribution is -0.121. The van der Waals surface area contributed by atoms with E-state index in [9.17, 15) is 9.59 Å². The van der Waals surface area contributed by atoms with Gasteiger partial charge in [0.2, 0.25) is 5.91 Å². The molecule has 0 radical (unpaired) electrons. The molecule has 2 amide bonds. The van der Waals surface area contributed by atoms with Gasteiger partial charge in [-0.15, -0.1) is 0 Å². The molecule has 0 aromatic carbocycles. The maximum absolute atomic E-state index is 10.4. The Bertz CT molecular complexity index is 184. The Kier molecular flexibility index (Phi) is 3.17. The highest BCUT2D eigenvalue weighted by atomic mass is 16.2. The molecule has 0 aromatic rings. The van der Waals surface area contributed by atoms with Gasteiger partial charge in [0.1, 0.15) is 5.70 Å². The summed E-state index contributed by atoms with van der Waals surface area (Å²) in [7, 11) is 0. The molecule has 0 aromatic heterocycles. The van der Waals surface area contributed by atoms with Crippen LogP contribution in [0.2, 0.25) is 0 Å². The Balaban J connectivity index is 4.12. The first kappa shape index (κ1) is 8.68. The fraction of sp³-hybridized carbons (Fsp3) is 0.333. The van der Waals surface area contributed by atoms with Gasteiger partial charge in [0.05, 0.1) is 0 Å². The summed E-state index contributed by atoms with van der Waals surface area (Å²) in [6.45, 7) is 2.93. The second-order valence-corrected chi connectivity index (χ2v) is 1.75. The molecule has 0 saturated heterocycles. The number of allylic oxidation sites excluding steroid dienone is 1. The zero-order valence-corrected chi connectivity index (χ0v) is 5.97. The van der Waals surface area contributed by atoms with Crippen molar-refractivity contribution in [2.45, 2.75) is 13.8 Å². The highest BCUT2D eigenvalue weighted by Gasteiger charge is 2.02. The average molecular weight is 142 g/mol. The van der Waals surface area contributed by atoms with E-state index >= 15 is 0 Å². The molecule has 0 spiro atoms. The minimum Gasteiger partial charge on any atom is -0.364 e. The molecule has 3 N–H and O–H groups in total. The fourth-order valence-electron chi connectivity index (χ4n) is 0.466. The second-order valence-electron chi connectivity index (χ2n) is 1.75. The molecule has 0 rings (SSSR count). The van der Waals surface area contributed by atoms with Crippen molar-refractivity contribution in [3.63, 3.8) is 0 Å². The first-order valence-corrected chi connectivity index (χ1v) is 2.81. The Hall–Kier alpha value is -1.32. The normalized spacial score (nSPS) is 10.8. The third kappa shape index (κ3) is 2.86. The maximum atomic E-state index is 10.4. The first-order valence-electron chi connectivity index (χ1n) is 2.81. The van der Waals surface area contributed by atoms with E-state index in [0.29, 0.717) is 0 Å². The topological polar surface area (TPSA) is 72.2 Å². The molecular weight excluding hydrogens is 132 g/mol. The third-order valence-corrected chi connectivity index (χ3v) is 0.865. The van der Waals surface area contributed by atoms with Crippen LogP contribution in [0.1, 0.15) is 13.8 Å². The maximum Gasteiger partial charge on any atom is 0.264 e. The predicted octanol–water partition coefficient (Wildman–Crippen LogP) is -0.488. The zero-order valence-electron chi connectivity index (χ0n) is 5.97. The number of hydrogen-bond donors (Lipinski definition) is 2. The number of primary amides is 1. The molecule has 4 heteroatoms. The number of nitrogens with one attached hydrogen (secondary N) is 1. The van der Waals surface area contributed by atoms with Crippen LogP contribution in [0.5, 0.6) is 0 Å². The van der Waals surface area contributed by atoms with Gasteiger partial charge < -0.3 is 11.1 Å². The van der Waals surface area contributed by atoms with Crippen molar-refractivity contribution in [1.82, 2.24) is 5.32 Å². The van der Waals surface area contributed by atoms with Crippen LogP contribution in [0.15, 0.2) is 11.8 Å². The Morgan fingerprint density at radius 3 is 2.10 bits per heavy atom. The fourth-order valence-corrected chi connectivity index (χ4v) is 0.466. The summed E-state index contributed by atoms with van der Waals surface area (Å²) in [5.41, 5.74) is 5.01. The van der Waals surface area contributed by atoms with Crippen LogP contribution in [0.4, 0.5) is 0 Å². The van der Waals surface area contributed by atoms with Crippen LogP contribution in [0.3, 0.4) is 0 Å². The standard InChI is InChI=1S/C6H10N2O2/c1-3-5(6(7)10)8-4(2)9/h3H,1-2H3,(H2,7,10)(H,8,9). The highest BCUT2D eigenvalue weighted by molar-refractivity contribution is 5.95. The molecule has 0 aliphatic heterocycles. The summed E-state index contributed by atoms with van der Waals surface area (Å²) in [5.74, 6) is -0.926. The van der Waals surface area contributed by atoms with Gasteiger partial charge in [-0.05, 0) is 6.92 Å². The molecule has 0 saturated carbocycles. The lowest BCUT2D eigenvalue weighted by Gasteiger charge is -2.00. The van der Waals surface area contributed by atoms with E-state index in [4.69, 9.17) is 5.73 Å². The summed E-state index contributed by atoms with van der Waals surface area (Å²) >= 11 is 0. The van der Waals surface area contributed by atoms with Gasteiger partial charge >= 0.3 is 0 Å². The van der Waals surface area contributed by atoms with Gasteiger partial charge in [0.15, 0.2) is 0 Å². The second kappa shape index (κ2) is 3.66. The average Bonchev–Trinajstić information content (AvgIpc) is 1.81. The van der Waals surface area contributed by atoms with Crippen molar-refractivity contribution >= 4 is 11.8 Å². The van der Waals surface area contributed by atoms with Crippen molar-refractivity contribution < 1.29 is 9.59 Å². The quantitative estimate of drug-likeness (QED) is 0.511. The molecule has 0 atom stereocenters. The summed E-state index contributed by atoms with van der Waals surface area (Å²) in [5, 5.41) is 2.28. The zero-order chi connectivity index (χ0) is 8.15. The van der Waals surface area contributed by atoms with Crippen molar-refractivity contribution in [3.8, 4) is 0 Å². The Morgan fingerprint density at radius 2 is 2.00 bits per heavy atom. The monoisotopic (exact) mass is 142 g/mol. The number of carbonyl (C=O) groups is 2. The van der Waals surface area contributed by atoms with Gasteiger partial charge in [-0.2, -0.15) is 0 Å². The van der Waals surface area contributed by atoms with E-state index in [2.05, 4.69) is 5.32 Å². The molecule has 0 aliphatic rings. The first-order chi connectivity index (χ1) is 4.57.